The number of aromatic nitrogens is 2. The Morgan fingerprint density at radius 2 is 2.46 bits per heavy atom. The summed E-state index contributed by atoms with van der Waals surface area (Å²) in [6, 6.07) is 0.0243. The van der Waals surface area contributed by atoms with Crippen molar-refractivity contribution in [1.82, 2.24) is 9.55 Å². The van der Waals surface area contributed by atoms with Crippen LogP contribution in [-0.4, -0.2) is 15.5 Å². The highest BCUT2D eigenvalue weighted by atomic mass is 32.1. The zero-order chi connectivity index (χ0) is 10.0. The molecule has 0 saturated carbocycles. The van der Waals surface area contributed by atoms with Crippen LogP contribution in [0, 0.1) is 11.7 Å². The van der Waals surface area contributed by atoms with Crippen LogP contribution in [0.4, 0.5) is 0 Å². The highest BCUT2D eigenvalue weighted by molar-refractivity contribution is 7.71. The molecule has 0 aliphatic rings. The number of carbonyl (C=O) groups is 1. The third-order valence-electron chi connectivity index (χ3n) is 1.94. The quantitative estimate of drug-likeness (QED) is 0.720. The summed E-state index contributed by atoms with van der Waals surface area (Å²) in [5.41, 5.74) is 6.12. The van der Waals surface area contributed by atoms with Gasteiger partial charge in [-0.1, -0.05) is 0 Å². The number of nitrogens with one attached hydrogen (secondary N) is 1. The first-order valence-electron chi connectivity index (χ1n) is 4.07. The first-order chi connectivity index (χ1) is 6.02. The second kappa shape index (κ2) is 3.74. The van der Waals surface area contributed by atoms with Gasteiger partial charge in [-0.05, 0) is 26.1 Å². The number of amides is 1. The van der Waals surface area contributed by atoms with Gasteiger partial charge in [-0.25, -0.2) is 0 Å². The van der Waals surface area contributed by atoms with Crippen molar-refractivity contribution in [2.24, 2.45) is 5.73 Å². The van der Waals surface area contributed by atoms with Crippen molar-refractivity contribution in [3.05, 3.63) is 16.7 Å². The molecule has 1 atom stereocenters. The van der Waals surface area contributed by atoms with Crippen LogP contribution in [0.15, 0.2) is 6.20 Å². The topological polar surface area (TPSA) is 63.8 Å². The average molecular weight is 199 g/mol. The predicted molar refractivity (Wildman–Crippen MR) is 52.9 cm³/mol. The number of primary amides is 1. The lowest BCUT2D eigenvalue weighted by atomic mass is 10.2. The molecule has 1 unspecified atom stereocenters. The standard InChI is InChI=1S/C8H13N3OS/c1-5(3-7(9)12)11-6(2)4-10-8(11)13/h4-5H,3H2,1-2H3,(H2,9,12)(H,10,13). The summed E-state index contributed by atoms with van der Waals surface area (Å²) >= 11 is 5.06. The first kappa shape index (κ1) is 9.98. The van der Waals surface area contributed by atoms with Crippen molar-refractivity contribution < 1.29 is 4.79 Å². The molecule has 0 aromatic carbocycles. The second-order valence-corrected chi connectivity index (χ2v) is 3.51. The molecule has 1 heterocycles. The predicted octanol–water partition coefficient (Wildman–Crippen LogP) is 1.29. The zero-order valence-corrected chi connectivity index (χ0v) is 8.52. The van der Waals surface area contributed by atoms with Crippen LogP contribution in [0.5, 0.6) is 0 Å². The average Bonchev–Trinajstić information content (AvgIpc) is 2.29. The van der Waals surface area contributed by atoms with E-state index in [4.69, 9.17) is 18.0 Å². The monoisotopic (exact) mass is 199 g/mol. The highest BCUT2D eigenvalue weighted by Crippen LogP contribution is 2.13. The molecule has 1 rings (SSSR count). The van der Waals surface area contributed by atoms with Gasteiger partial charge in [-0.3, -0.25) is 4.79 Å². The summed E-state index contributed by atoms with van der Waals surface area (Å²) in [6.45, 7) is 3.85. The number of imidazole rings is 1. The lowest BCUT2D eigenvalue weighted by molar-refractivity contribution is -0.118. The Hall–Kier alpha value is -1.10. The molecule has 0 saturated heterocycles. The van der Waals surface area contributed by atoms with Crippen molar-refractivity contribution in [3.63, 3.8) is 0 Å². The van der Waals surface area contributed by atoms with Gasteiger partial charge in [-0.2, -0.15) is 0 Å². The summed E-state index contributed by atoms with van der Waals surface area (Å²) in [7, 11) is 0. The number of aryl methyl sites for hydroxylation is 1. The maximum Gasteiger partial charge on any atom is 0.219 e. The number of hydrogen-bond donors (Lipinski definition) is 2. The lowest BCUT2D eigenvalue weighted by Crippen LogP contribution is -2.18. The first-order valence-corrected chi connectivity index (χ1v) is 4.48. The Kier molecular flexibility index (Phi) is 2.87. The Labute approximate surface area is 81.8 Å². The third-order valence-corrected chi connectivity index (χ3v) is 2.26. The smallest absolute Gasteiger partial charge is 0.219 e. The molecule has 4 nitrogen and oxygen atoms in total. The molecule has 3 N–H and O–H groups in total. The van der Waals surface area contributed by atoms with Gasteiger partial charge in [0.05, 0.1) is 0 Å². The number of carbonyl (C=O) groups excluding carboxylic acids is 1. The summed E-state index contributed by atoms with van der Waals surface area (Å²) in [6.07, 6.45) is 2.13. The van der Waals surface area contributed by atoms with Gasteiger partial charge >= 0.3 is 0 Å². The van der Waals surface area contributed by atoms with Crippen LogP contribution >= 0.6 is 12.2 Å². The van der Waals surface area contributed by atoms with Crippen molar-refractivity contribution in [2.75, 3.05) is 0 Å². The number of nitrogens with two attached hydrogens (primary N) is 1. The molecular formula is C8H13N3OS. The van der Waals surface area contributed by atoms with Gasteiger partial charge < -0.3 is 15.3 Å². The third kappa shape index (κ3) is 2.18. The van der Waals surface area contributed by atoms with Crippen LogP contribution in [-0.2, 0) is 4.79 Å². The van der Waals surface area contributed by atoms with Crippen molar-refractivity contribution in [3.8, 4) is 0 Å². The molecule has 0 bridgehead atoms. The van der Waals surface area contributed by atoms with E-state index in [-0.39, 0.29) is 11.9 Å². The van der Waals surface area contributed by atoms with E-state index in [1.165, 1.54) is 0 Å². The molecule has 1 amide bonds. The minimum Gasteiger partial charge on any atom is -0.370 e. The van der Waals surface area contributed by atoms with Crippen molar-refractivity contribution >= 4 is 18.1 Å². The van der Waals surface area contributed by atoms with Crippen LogP contribution in [0.1, 0.15) is 25.1 Å². The number of H-pyrrole nitrogens is 1. The molecule has 72 valence electrons. The van der Waals surface area contributed by atoms with Crippen molar-refractivity contribution in [2.45, 2.75) is 26.3 Å². The fraction of sp³-hybridized carbons (Fsp3) is 0.500. The molecule has 0 radical (unpaired) electrons. The number of hydrogen-bond acceptors (Lipinski definition) is 2. The van der Waals surface area contributed by atoms with E-state index in [1.807, 2.05) is 24.6 Å². The molecule has 1 aromatic heterocycles. The fourth-order valence-corrected chi connectivity index (χ4v) is 1.78. The van der Waals surface area contributed by atoms with Gasteiger partial charge in [0, 0.05) is 24.4 Å². The van der Waals surface area contributed by atoms with E-state index in [9.17, 15) is 4.79 Å². The maximum atomic E-state index is 10.7. The molecule has 0 aliphatic heterocycles. The second-order valence-electron chi connectivity index (χ2n) is 3.12. The Bertz CT molecular complexity index is 366. The normalized spacial score (nSPS) is 12.8. The highest BCUT2D eigenvalue weighted by Gasteiger charge is 2.10. The minimum atomic E-state index is -0.310. The maximum absolute atomic E-state index is 10.7. The fourth-order valence-electron chi connectivity index (χ4n) is 1.40. The molecule has 0 fully saturated rings. The van der Waals surface area contributed by atoms with Crippen LogP contribution in [0.25, 0.3) is 0 Å². The SMILES string of the molecule is Cc1c[nH]c(=S)n1C(C)CC(N)=O. The zero-order valence-electron chi connectivity index (χ0n) is 7.70. The number of rotatable bonds is 3. The summed E-state index contributed by atoms with van der Waals surface area (Å²) in [5, 5.41) is 0. The van der Waals surface area contributed by atoms with Gasteiger partial charge in [0.2, 0.25) is 5.91 Å². The molecule has 0 spiro atoms. The molecule has 0 aliphatic carbocycles. The van der Waals surface area contributed by atoms with E-state index in [2.05, 4.69) is 4.98 Å². The largest absolute Gasteiger partial charge is 0.370 e. The Balaban J connectivity index is 2.94. The van der Waals surface area contributed by atoms with E-state index in [0.29, 0.717) is 11.2 Å². The van der Waals surface area contributed by atoms with Crippen LogP contribution < -0.4 is 5.73 Å². The minimum absolute atomic E-state index is 0.0243. The summed E-state index contributed by atoms with van der Waals surface area (Å²) in [5.74, 6) is -0.310. The Morgan fingerprint density at radius 3 is 2.85 bits per heavy atom. The molecule has 5 heteroatoms. The van der Waals surface area contributed by atoms with Crippen molar-refractivity contribution in [1.29, 1.82) is 0 Å². The van der Waals surface area contributed by atoms with Crippen LogP contribution in [0.3, 0.4) is 0 Å². The number of aromatic amines is 1. The van der Waals surface area contributed by atoms with E-state index in [1.54, 1.807) is 0 Å². The Morgan fingerprint density at radius 1 is 1.85 bits per heavy atom. The summed E-state index contributed by atoms with van der Waals surface area (Å²) < 4.78 is 2.52. The number of nitrogens with zero attached hydrogens (tertiary/aromatic N) is 1. The van der Waals surface area contributed by atoms with E-state index in [0.717, 1.165) is 5.69 Å². The van der Waals surface area contributed by atoms with E-state index < -0.39 is 0 Å². The van der Waals surface area contributed by atoms with Crippen LogP contribution in [0.2, 0.25) is 0 Å². The van der Waals surface area contributed by atoms with Gasteiger partial charge in [-0.15, -0.1) is 0 Å². The van der Waals surface area contributed by atoms with Gasteiger partial charge in [0.25, 0.3) is 0 Å². The molecular weight excluding hydrogens is 186 g/mol. The summed E-state index contributed by atoms with van der Waals surface area (Å²) in [4.78, 5) is 13.6. The van der Waals surface area contributed by atoms with Gasteiger partial charge in [0.1, 0.15) is 0 Å². The molecule has 1 aromatic rings. The van der Waals surface area contributed by atoms with E-state index >= 15 is 0 Å². The molecule has 13 heavy (non-hydrogen) atoms. The lowest BCUT2D eigenvalue weighted by Gasteiger charge is -2.12. The van der Waals surface area contributed by atoms with Gasteiger partial charge in [0.15, 0.2) is 4.77 Å².